The number of aryl methyl sites for hydroxylation is 1. The molecule has 0 bridgehead atoms. The molecule has 2 atom stereocenters. The number of phenolic OH excluding ortho intramolecular Hbond substituents is 3. The Morgan fingerprint density at radius 2 is 1.32 bits per heavy atom. The Morgan fingerprint density at radius 3 is 1.89 bits per heavy atom. The van der Waals surface area contributed by atoms with E-state index >= 15 is 0 Å². The molecule has 7 nitrogen and oxygen atoms in total. The minimum Gasteiger partial charge on any atom is -0.507 e. The minimum atomic E-state index is -0.516. The lowest BCUT2D eigenvalue weighted by molar-refractivity contribution is 0.0859. The second-order valence-corrected chi connectivity index (χ2v) is 7.09. The summed E-state index contributed by atoms with van der Waals surface area (Å²) in [5, 5.41) is 35.4. The molecule has 1 aliphatic carbocycles. The second-order valence-electron chi connectivity index (χ2n) is 7.09. The van der Waals surface area contributed by atoms with E-state index in [2.05, 4.69) is 10.6 Å². The molecule has 28 heavy (non-hydrogen) atoms. The van der Waals surface area contributed by atoms with Crippen LogP contribution in [0.2, 0.25) is 0 Å². The summed E-state index contributed by atoms with van der Waals surface area (Å²) in [5.74, 6) is -1.80. The summed E-state index contributed by atoms with van der Waals surface area (Å²) in [7, 11) is 0. The molecule has 2 aromatic carbocycles. The van der Waals surface area contributed by atoms with Crippen LogP contribution in [-0.4, -0.2) is 39.2 Å². The monoisotopic (exact) mass is 384 g/mol. The Balaban J connectivity index is 1.73. The number of benzene rings is 2. The molecular weight excluding hydrogens is 360 g/mol. The summed E-state index contributed by atoms with van der Waals surface area (Å²) in [6.45, 7) is 1.72. The number of hydrogen-bond acceptors (Lipinski definition) is 5. The van der Waals surface area contributed by atoms with Crippen LogP contribution in [0.15, 0.2) is 36.4 Å². The van der Waals surface area contributed by atoms with Crippen molar-refractivity contribution in [2.75, 3.05) is 0 Å². The van der Waals surface area contributed by atoms with Gasteiger partial charge in [0.25, 0.3) is 11.8 Å². The van der Waals surface area contributed by atoms with Crippen LogP contribution in [0.4, 0.5) is 0 Å². The van der Waals surface area contributed by atoms with Crippen molar-refractivity contribution < 1.29 is 24.9 Å². The molecule has 0 aromatic heterocycles. The lowest BCUT2D eigenvalue weighted by Crippen LogP contribution is -2.53. The van der Waals surface area contributed by atoms with Crippen LogP contribution >= 0.6 is 0 Å². The highest BCUT2D eigenvalue weighted by Crippen LogP contribution is 2.29. The Morgan fingerprint density at radius 1 is 0.821 bits per heavy atom. The number of aromatic hydroxyl groups is 3. The molecule has 0 spiro atoms. The zero-order valence-corrected chi connectivity index (χ0v) is 15.6. The highest BCUT2D eigenvalue weighted by atomic mass is 16.3. The third kappa shape index (κ3) is 4.03. The van der Waals surface area contributed by atoms with Gasteiger partial charge < -0.3 is 26.0 Å². The van der Waals surface area contributed by atoms with E-state index in [9.17, 15) is 24.9 Å². The Bertz CT molecular complexity index is 823. The van der Waals surface area contributed by atoms with Crippen molar-refractivity contribution >= 4 is 11.8 Å². The van der Waals surface area contributed by atoms with Gasteiger partial charge in [0, 0.05) is 12.1 Å². The van der Waals surface area contributed by atoms with Crippen molar-refractivity contribution in [3.63, 3.8) is 0 Å². The van der Waals surface area contributed by atoms with Crippen molar-refractivity contribution in [2.45, 2.75) is 44.7 Å². The highest BCUT2D eigenvalue weighted by molar-refractivity contribution is 5.98. The maximum absolute atomic E-state index is 12.6. The average molecular weight is 384 g/mol. The molecule has 2 amide bonds. The highest BCUT2D eigenvalue weighted by Gasteiger charge is 2.29. The number of phenols is 3. The Hall–Kier alpha value is -3.22. The number of hydrogen-bond donors (Lipinski definition) is 5. The smallest absolute Gasteiger partial charge is 0.255 e. The number of nitrogens with one attached hydrogen (secondary N) is 2. The molecule has 0 heterocycles. The summed E-state index contributed by atoms with van der Waals surface area (Å²) >= 11 is 0. The molecule has 1 saturated carbocycles. The molecule has 3 rings (SSSR count). The van der Waals surface area contributed by atoms with Gasteiger partial charge in [-0.15, -0.1) is 0 Å². The van der Waals surface area contributed by atoms with Crippen LogP contribution in [0, 0.1) is 6.92 Å². The molecule has 1 aliphatic rings. The van der Waals surface area contributed by atoms with Crippen molar-refractivity contribution in [3.05, 3.63) is 53.1 Å². The fourth-order valence-electron chi connectivity index (χ4n) is 3.53. The molecule has 5 N–H and O–H groups in total. The van der Waals surface area contributed by atoms with E-state index in [1.807, 2.05) is 0 Å². The van der Waals surface area contributed by atoms with Crippen LogP contribution in [0.5, 0.6) is 17.2 Å². The van der Waals surface area contributed by atoms with E-state index in [0.717, 1.165) is 12.8 Å². The first-order chi connectivity index (χ1) is 13.4. The molecule has 2 aromatic rings. The fraction of sp³-hybridized carbons (Fsp3) is 0.333. The Labute approximate surface area is 163 Å². The van der Waals surface area contributed by atoms with E-state index in [-0.39, 0.29) is 34.7 Å². The van der Waals surface area contributed by atoms with Crippen molar-refractivity contribution in [1.29, 1.82) is 0 Å². The van der Waals surface area contributed by atoms with E-state index < -0.39 is 17.6 Å². The lowest BCUT2D eigenvalue weighted by Gasteiger charge is -2.33. The summed E-state index contributed by atoms with van der Waals surface area (Å²) in [6, 6.07) is 8.55. The van der Waals surface area contributed by atoms with Crippen LogP contribution in [0.1, 0.15) is 52.0 Å². The molecule has 148 valence electrons. The first-order valence-electron chi connectivity index (χ1n) is 9.29. The quantitative estimate of drug-likeness (QED) is 0.519. The van der Waals surface area contributed by atoms with Gasteiger partial charge in [-0.1, -0.05) is 31.0 Å². The third-order valence-corrected chi connectivity index (χ3v) is 5.14. The van der Waals surface area contributed by atoms with E-state index in [1.165, 1.54) is 18.2 Å². The predicted molar refractivity (Wildman–Crippen MR) is 104 cm³/mol. The molecule has 0 saturated heterocycles. The maximum atomic E-state index is 12.6. The minimum absolute atomic E-state index is 0.0213. The van der Waals surface area contributed by atoms with Crippen LogP contribution in [0.25, 0.3) is 0 Å². The number of rotatable bonds is 4. The standard InChI is InChI=1S/C21H24N2O5/c1-12-6-4-7-13(18(12)25)20(27)22-15-9-2-3-10-16(15)23-21(28)14-8-5-11-17(24)19(14)26/h4-8,11,15-16,24-26H,2-3,9-10H2,1H3,(H,22,27)(H,23,28). The largest absolute Gasteiger partial charge is 0.507 e. The van der Waals surface area contributed by atoms with Crippen LogP contribution in [0.3, 0.4) is 0 Å². The molecule has 2 unspecified atom stereocenters. The average Bonchev–Trinajstić information content (AvgIpc) is 2.67. The Kier molecular flexibility index (Phi) is 5.73. The van der Waals surface area contributed by atoms with Gasteiger partial charge >= 0.3 is 0 Å². The summed E-state index contributed by atoms with van der Waals surface area (Å²) in [4.78, 5) is 25.2. The van der Waals surface area contributed by atoms with Gasteiger partial charge in [-0.3, -0.25) is 9.59 Å². The summed E-state index contributed by atoms with van der Waals surface area (Å²) in [6.07, 6.45) is 3.18. The van der Waals surface area contributed by atoms with Crippen molar-refractivity contribution in [1.82, 2.24) is 10.6 Å². The summed E-state index contributed by atoms with van der Waals surface area (Å²) < 4.78 is 0. The zero-order valence-electron chi connectivity index (χ0n) is 15.6. The second kappa shape index (κ2) is 8.21. The van der Waals surface area contributed by atoms with Crippen molar-refractivity contribution in [3.8, 4) is 17.2 Å². The van der Waals surface area contributed by atoms with Gasteiger partial charge in [0.1, 0.15) is 5.75 Å². The van der Waals surface area contributed by atoms with E-state index in [4.69, 9.17) is 0 Å². The van der Waals surface area contributed by atoms with Gasteiger partial charge in [0.05, 0.1) is 11.1 Å². The molecule has 1 fully saturated rings. The van der Waals surface area contributed by atoms with E-state index in [1.54, 1.807) is 25.1 Å². The summed E-state index contributed by atoms with van der Waals surface area (Å²) in [5.41, 5.74) is 0.786. The predicted octanol–water partition coefficient (Wildman–Crippen LogP) is 2.58. The van der Waals surface area contributed by atoms with Gasteiger partial charge in [-0.25, -0.2) is 0 Å². The fourth-order valence-corrected chi connectivity index (χ4v) is 3.53. The molecular formula is C21H24N2O5. The topological polar surface area (TPSA) is 119 Å². The molecule has 7 heteroatoms. The number of carbonyl (C=O) groups is 2. The molecule has 0 radical (unpaired) electrons. The lowest BCUT2D eigenvalue weighted by atomic mass is 9.89. The van der Waals surface area contributed by atoms with Gasteiger partial charge in [-0.2, -0.15) is 0 Å². The van der Waals surface area contributed by atoms with Crippen LogP contribution < -0.4 is 10.6 Å². The number of para-hydroxylation sites is 2. The van der Waals surface area contributed by atoms with Gasteiger partial charge in [0.15, 0.2) is 11.5 Å². The van der Waals surface area contributed by atoms with Crippen molar-refractivity contribution in [2.24, 2.45) is 0 Å². The SMILES string of the molecule is Cc1cccc(C(=O)NC2CCCCC2NC(=O)c2cccc(O)c2O)c1O. The number of carbonyl (C=O) groups excluding carboxylic acids is 2. The zero-order chi connectivity index (χ0) is 20.3. The normalized spacial score (nSPS) is 19.0. The molecule has 0 aliphatic heterocycles. The van der Waals surface area contributed by atoms with Crippen LogP contribution in [-0.2, 0) is 0 Å². The van der Waals surface area contributed by atoms with E-state index in [0.29, 0.717) is 18.4 Å². The third-order valence-electron chi connectivity index (χ3n) is 5.14. The first-order valence-corrected chi connectivity index (χ1v) is 9.29. The first kappa shape index (κ1) is 19.5. The number of amides is 2. The van der Waals surface area contributed by atoms with Gasteiger partial charge in [0.2, 0.25) is 0 Å². The maximum Gasteiger partial charge on any atom is 0.255 e. The van der Waals surface area contributed by atoms with Gasteiger partial charge in [-0.05, 0) is 43.5 Å².